The summed E-state index contributed by atoms with van der Waals surface area (Å²) in [5, 5.41) is 6.38. The van der Waals surface area contributed by atoms with Crippen molar-refractivity contribution in [2.24, 2.45) is 7.05 Å². The van der Waals surface area contributed by atoms with Gasteiger partial charge in [-0.25, -0.2) is 0 Å². The third-order valence-electron chi connectivity index (χ3n) is 5.75. The van der Waals surface area contributed by atoms with E-state index in [0.29, 0.717) is 17.8 Å². The molecule has 0 radical (unpaired) electrons. The minimum absolute atomic E-state index is 0.348. The van der Waals surface area contributed by atoms with Gasteiger partial charge in [-0.2, -0.15) is 0 Å². The number of carbonyl (C=O) groups is 2. The highest BCUT2D eigenvalue weighted by Gasteiger charge is 2.35. The molecule has 0 aliphatic carbocycles. The number of rotatable bonds is 2. The predicted molar refractivity (Wildman–Crippen MR) is 114 cm³/mol. The van der Waals surface area contributed by atoms with Crippen molar-refractivity contribution in [3.05, 3.63) is 64.7 Å². The topological polar surface area (TPSA) is 60.3 Å². The summed E-state index contributed by atoms with van der Waals surface area (Å²) in [6.07, 6.45) is 2.83. The fourth-order valence-electron chi connectivity index (χ4n) is 4.40. The summed E-state index contributed by atoms with van der Waals surface area (Å²) < 4.78 is 8.81. The molecule has 0 fully saturated rings. The molecule has 0 unspecified atom stereocenters. The number of ether oxygens (including phenoxy) is 1. The first kappa shape index (κ1) is 16.6. The first-order valence-corrected chi connectivity index (χ1v) is 10.3. The highest BCUT2D eigenvalue weighted by Crippen LogP contribution is 2.42. The van der Waals surface area contributed by atoms with Gasteiger partial charge in [0.1, 0.15) is 5.75 Å². The van der Waals surface area contributed by atoms with E-state index in [4.69, 9.17) is 4.74 Å². The van der Waals surface area contributed by atoms with E-state index in [1.54, 1.807) is 11.3 Å². The second-order valence-electron chi connectivity index (χ2n) is 7.41. The fourth-order valence-corrected chi connectivity index (χ4v) is 5.40. The van der Waals surface area contributed by atoms with E-state index in [0.717, 1.165) is 44.3 Å². The molecule has 2 aromatic heterocycles. The molecule has 2 aromatic carbocycles. The Balaban J connectivity index is 1.66. The monoisotopic (exact) mass is 400 g/mol. The Morgan fingerprint density at radius 1 is 1.03 bits per heavy atom. The van der Waals surface area contributed by atoms with Crippen molar-refractivity contribution in [2.45, 2.75) is 6.42 Å². The number of hydrogen-bond donors (Lipinski definition) is 1. The molecule has 6 heteroatoms. The molecule has 142 valence electrons. The maximum absolute atomic E-state index is 12.9. The number of hydrogen-bond acceptors (Lipinski definition) is 4. The van der Waals surface area contributed by atoms with Crippen molar-refractivity contribution in [3.8, 4) is 5.75 Å². The van der Waals surface area contributed by atoms with E-state index in [2.05, 4.69) is 11.4 Å². The second kappa shape index (κ2) is 5.81. The molecule has 0 saturated heterocycles. The molecule has 29 heavy (non-hydrogen) atoms. The number of imide groups is 1. The van der Waals surface area contributed by atoms with Crippen LogP contribution >= 0.6 is 11.3 Å². The highest BCUT2D eigenvalue weighted by molar-refractivity contribution is 7.17. The minimum atomic E-state index is -0.349. The fraction of sp³-hybridized carbons (Fsp3) is 0.130. The number of para-hydroxylation sites is 1. The molecule has 4 heterocycles. The lowest BCUT2D eigenvalue weighted by Gasteiger charge is -2.05. The standard InChI is InChI=1S/C23H16N2O3S/c1-25-10-15(13-4-2-3-5-17(13)25)20-21(23(27)24-22(20)26)16-11-29-19-8-12-6-7-28-18(12)9-14(16)19/h2-5,8-11H,6-7H2,1H3,(H,24,26,27). The molecule has 2 amide bonds. The maximum atomic E-state index is 12.9. The molecule has 2 aliphatic heterocycles. The zero-order valence-corrected chi connectivity index (χ0v) is 16.4. The first-order valence-electron chi connectivity index (χ1n) is 9.43. The quantitative estimate of drug-likeness (QED) is 0.519. The predicted octanol–water partition coefficient (Wildman–Crippen LogP) is 3.90. The van der Waals surface area contributed by atoms with Crippen molar-refractivity contribution in [1.29, 1.82) is 0 Å². The van der Waals surface area contributed by atoms with E-state index in [-0.39, 0.29) is 11.8 Å². The summed E-state index contributed by atoms with van der Waals surface area (Å²) >= 11 is 1.59. The number of amides is 2. The summed E-state index contributed by atoms with van der Waals surface area (Å²) in [5.41, 5.74) is 4.65. The summed E-state index contributed by atoms with van der Waals surface area (Å²) in [4.78, 5) is 25.7. The summed E-state index contributed by atoms with van der Waals surface area (Å²) in [6.45, 7) is 0.685. The number of thiophene rings is 1. The van der Waals surface area contributed by atoms with Crippen LogP contribution in [0.3, 0.4) is 0 Å². The maximum Gasteiger partial charge on any atom is 0.259 e. The number of benzene rings is 2. The molecule has 0 atom stereocenters. The van der Waals surface area contributed by atoms with Gasteiger partial charge in [0.25, 0.3) is 11.8 Å². The van der Waals surface area contributed by atoms with Crippen LogP contribution in [-0.4, -0.2) is 23.0 Å². The number of carbonyl (C=O) groups excluding carboxylic acids is 2. The zero-order chi connectivity index (χ0) is 19.7. The average molecular weight is 400 g/mol. The van der Waals surface area contributed by atoms with Crippen LogP contribution < -0.4 is 10.1 Å². The number of nitrogens with zero attached hydrogens (tertiary/aromatic N) is 1. The smallest absolute Gasteiger partial charge is 0.259 e. The SMILES string of the molecule is Cn1cc(C2=C(c3csc4cc5c(cc34)OCC5)C(=O)NC2=O)c2ccccc21. The van der Waals surface area contributed by atoms with Gasteiger partial charge in [0.05, 0.1) is 17.8 Å². The van der Waals surface area contributed by atoms with Crippen LogP contribution in [0.25, 0.3) is 32.1 Å². The molecule has 5 nitrogen and oxygen atoms in total. The van der Waals surface area contributed by atoms with E-state index in [1.807, 2.05) is 53.5 Å². The van der Waals surface area contributed by atoms with E-state index < -0.39 is 0 Å². The third kappa shape index (κ3) is 2.26. The van der Waals surface area contributed by atoms with Crippen LogP contribution in [0.15, 0.2) is 48.0 Å². The van der Waals surface area contributed by atoms with E-state index in [1.165, 1.54) is 5.56 Å². The molecular formula is C23H16N2O3S. The Morgan fingerprint density at radius 3 is 2.69 bits per heavy atom. The summed E-state index contributed by atoms with van der Waals surface area (Å²) in [7, 11) is 1.95. The van der Waals surface area contributed by atoms with E-state index in [9.17, 15) is 9.59 Å². The van der Waals surface area contributed by atoms with Gasteiger partial charge in [-0.1, -0.05) is 18.2 Å². The highest BCUT2D eigenvalue weighted by atomic mass is 32.1. The molecule has 2 aliphatic rings. The Labute approximate surface area is 170 Å². The number of nitrogens with one attached hydrogen (secondary N) is 1. The Bertz CT molecular complexity index is 1410. The molecule has 0 spiro atoms. The molecular weight excluding hydrogens is 384 g/mol. The van der Waals surface area contributed by atoms with Crippen LogP contribution in [0.1, 0.15) is 16.7 Å². The summed E-state index contributed by atoms with van der Waals surface area (Å²) in [6, 6.07) is 12.0. The molecule has 0 saturated carbocycles. The van der Waals surface area contributed by atoms with Crippen LogP contribution in [0.4, 0.5) is 0 Å². The van der Waals surface area contributed by atoms with Crippen LogP contribution in [0, 0.1) is 0 Å². The van der Waals surface area contributed by atoms with Crippen LogP contribution in [0.5, 0.6) is 5.75 Å². The minimum Gasteiger partial charge on any atom is -0.493 e. The van der Waals surface area contributed by atoms with Gasteiger partial charge < -0.3 is 9.30 Å². The van der Waals surface area contributed by atoms with Crippen molar-refractivity contribution < 1.29 is 14.3 Å². The van der Waals surface area contributed by atoms with Gasteiger partial charge in [0.2, 0.25) is 0 Å². The Kier molecular flexibility index (Phi) is 3.32. The van der Waals surface area contributed by atoms with Crippen LogP contribution in [0.2, 0.25) is 0 Å². The lowest BCUT2D eigenvalue weighted by Crippen LogP contribution is -2.22. The largest absolute Gasteiger partial charge is 0.493 e. The van der Waals surface area contributed by atoms with Crippen molar-refractivity contribution in [2.75, 3.05) is 6.61 Å². The first-order chi connectivity index (χ1) is 14.1. The number of fused-ring (bicyclic) bond motifs is 3. The van der Waals surface area contributed by atoms with Gasteiger partial charge >= 0.3 is 0 Å². The van der Waals surface area contributed by atoms with Crippen molar-refractivity contribution in [3.63, 3.8) is 0 Å². The lowest BCUT2D eigenvalue weighted by atomic mass is 9.95. The molecule has 0 bridgehead atoms. The van der Waals surface area contributed by atoms with Gasteiger partial charge in [0.15, 0.2) is 0 Å². The second-order valence-corrected chi connectivity index (χ2v) is 8.32. The lowest BCUT2D eigenvalue weighted by molar-refractivity contribution is -0.122. The van der Waals surface area contributed by atoms with Gasteiger partial charge in [-0.3, -0.25) is 14.9 Å². The average Bonchev–Trinajstić information content (AvgIpc) is 3.46. The Hall–Kier alpha value is -3.38. The van der Waals surface area contributed by atoms with E-state index >= 15 is 0 Å². The van der Waals surface area contributed by atoms with Gasteiger partial charge in [0, 0.05) is 57.2 Å². The Morgan fingerprint density at radius 2 is 1.83 bits per heavy atom. The molecule has 6 rings (SSSR count). The van der Waals surface area contributed by atoms with Gasteiger partial charge in [-0.05, 0) is 23.8 Å². The molecule has 1 N–H and O–H groups in total. The normalized spacial score (nSPS) is 16.0. The number of aromatic nitrogens is 1. The van der Waals surface area contributed by atoms with Crippen LogP contribution in [-0.2, 0) is 23.1 Å². The third-order valence-corrected chi connectivity index (χ3v) is 6.70. The summed E-state index contributed by atoms with van der Waals surface area (Å²) in [5.74, 6) is 0.173. The number of aryl methyl sites for hydroxylation is 1. The van der Waals surface area contributed by atoms with Crippen molar-refractivity contribution >= 4 is 55.3 Å². The molecule has 4 aromatic rings. The zero-order valence-electron chi connectivity index (χ0n) is 15.6. The van der Waals surface area contributed by atoms with Crippen molar-refractivity contribution in [1.82, 2.24) is 9.88 Å². The van der Waals surface area contributed by atoms with Gasteiger partial charge in [-0.15, -0.1) is 11.3 Å².